The molecule has 0 radical (unpaired) electrons. The van der Waals surface area contributed by atoms with Crippen LogP contribution in [0.4, 0.5) is 8.78 Å². The van der Waals surface area contributed by atoms with Crippen molar-refractivity contribution in [2.45, 2.75) is 25.4 Å². The number of rotatable bonds is 5. The highest BCUT2D eigenvalue weighted by atomic mass is 19.2. The van der Waals surface area contributed by atoms with E-state index in [1.54, 1.807) is 18.2 Å². The first-order valence-electron chi connectivity index (χ1n) is 8.80. The van der Waals surface area contributed by atoms with Crippen LogP contribution in [0.15, 0.2) is 54.6 Å². The van der Waals surface area contributed by atoms with E-state index in [4.69, 9.17) is 0 Å². The molecule has 0 saturated carbocycles. The van der Waals surface area contributed by atoms with Crippen LogP contribution in [0.5, 0.6) is 0 Å². The lowest BCUT2D eigenvalue weighted by Crippen LogP contribution is -2.43. The van der Waals surface area contributed by atoms with Gasteiger partial charge in [-0.25, -0.2) is 8.78 Å². The third kappa shape index (κ3) is 5.23. The first kappa shape index (κ1) is 18.3. The Bertz CT molecular complexity index is 769. The lowest BCUT2D eigenvalue weighted by Gasteiger charge is -2.32. The zero-order valence-corrected chi connectivity index (χ0v) is 14.5. The van der Waals surface area contributed by atoms with Gasteiger partial charge in [0.15, 0.2) is 11.6 Å². The highest BCUT2D eigenvalue weighted by molar-refractivity contribution is 5.91. The smallest absolute Gasteiger partial charge is 0.244 e. The Morgan fingerprint density at radius 2 is 1.81 bits per heavy atom. The van der Waals surface area contributed by atoms with Crippen LogP contribution in [0.2, 0.25) is 0 Å². The second-order valence-corrected chi connectivity index (χ2v) is 6.55. The van der Waals surface area contributed by atoms with E-state index in [1.807, 2.05) is 30.3 Å². The summed E-state index contributed by atoms with van der Waals surface area (Å²) in [6.45, 7) is 2.21. The maximum Gasteiger partial charge on any atom is 0.244 e. The van der Waals surface area contributed by atoms with Crippen LogP contribution >= 0.6 is 0 Å². The number of halogens is 2. The number of nitrogens with one attached hydrogen (secondary N) is 1. The molecule has 0 atom stereocenters. The van der Waals surface area contributed by atoms with Gasteiger partial charge in [0.2, 0.25) is 5.91 Å². The lowest BCUT2D eigenvalue weighted by atomic mass is 10.0. The Labute approximate surface area is 152 Å². The molecule has 1 N–H and O–H groups in total. The molecule has 0 bridgehead atoms. The molecular weight excluding hydrogens is 334 g/mol. The topological polar surface area (TPSA) is 32.3 Å². The summed E-state index contributed by atoms with van der Waals surface area (Å²) in [5, 5.41) is 3.03. The molecule has 0 unspecified atom stereocenters. The van der Waals surface area contributed by atoms with Gasteiger partial charge < -0.3 is 5.32 Å². The summed E-state index contributed by atoms with van der Waals surface area (Å²) in [5.74, 6) is -1.72. The maximum absolute atomic E-state index is 13.3. The molecule has 0 spiro atoms. The van der Waals surface area contributed by atoms with Crippen LogP contribution in [-0.2, 0) is 11.3 Å². The number of amides is 1. The minimum atomic E-state index is -0.821. The van der Waals surface area contributed by atoms with E-state index in [0.29, 0.717) is 6.54 Å². The Balaban J connectivity index is 1.44. The zero-order valence-electron chi connectivity index (χ0n) is 14.5. The van der Waals surface area contributed by atoms with Gasteiger partial charge in [-0.05, 0) is 42.2 Å². The Morgan fingerprint density at radius 1 is 1.08 bits per heavy atom. The molecule has 5 heteroatoms. The molecule has 26 heavy (non-hydrogen) atoms. The summed E-state index contributed by atoms with van der Waals surface area (Å²) in [6, 6.07) is 13.9. The third-order valence-corrected chi connectivity index (χ3v) is 4.55. The first-order chi connectivity index (χ1) is 12.6. The fourth-order valence-electron chi connectivity index (χ4n) is 3.12. The van der Waals surface area contributed by atoms with Crippen LogP contribution in [0.1, 0.15) is 24.0 Å². The summed E-state index contributed by atoms with van der Waals surface area (Å²) >= 11 is 0. The van der Waals surface area contributed by atoms with Crippen LogP contribution in [-0.4, -0.2) is 29.9 Å². The minimum Gasteiger partial charge on any atom is -0.350 e. The van der Waals surface area contributed by atoms with Gasteiger partial charge >= 0.3 is 0 Å². The van der Waals surface area contributed by atoms with Crippen molar-refractivity contribution in [3.63, 3.8) is 0 Å². The number of likely N-dealkylation sites (tertiary alicyclic amines) is 1. The number of hydrogen-bond donors (Lipinski definition) is 1. The van der Waals surface area contributed by atoms with Crippen LogP contribution in [0, 0.1) is 11.6 Å². The zero-order chi connectivity index (χ0) is 18.4. The summed E-state index contributed by atoms with van der Waals surface area (Å²) in [6.07, 6.45) is 5.04. The average molecular weight is 356 g/mol. The van der Waals surface area contributed by atoms with Gasteiger partial charge in [0.1, 0.15) is 0 Å². The fraction of sp³-hybridized carbons (Fsp3) is 0.286. The number of carbonyl (C=O) groups is 1. The lowest BCUT2D eigenvalue weighted by molar-refractivity contribution is -0.117. The van der Waals surface area contributed by atoms with Gasteiger partial charge in [-0.1, -0.05) is 36.4 Å². The predicted molar refractivity (Wildman–Crippen MR) is 98.3 cm³/mol. The van der Waals surface area contributed by atoms with Crippen molar-refractivity contribution in [3.8, 4) is 0 Å². The van der Waals surface area contributed by atoms with Gasteiger partial charge in [-0.15, -0.1) is 0 Å². The Kier molecular flexibility index (Phi) is 6.12. The SMILES string of the molecule is O=C(C=Cc1ccccc1)NC1CCN(Cc2ccc(F)c(F)c2)CC1. The second-order valence-electron chi connectivity index (χ2n) is 6.55. The molecule has 2 aromatic carbocycles. The summed E-state index contributed by atoms with van der Waals surface area (Å²) in [4.78, 5) is 14.2. The maximum atomic E-state index is 13.3. The van der Waals surface area contributed by atoms with E-state index in [1.165, 1.54) is 6.07 Å². The molecule has 2 aromatic rings. The highest BCUT2D eigenvalue weighted by Gasteiger charge is 2.20. The van der Waals surface area contributed by atoms with Crippen molar-refractivity contribution >= 4 is 12.0 Å². The first-order valence-corrected chi connectivity index (χ1v) is 8.80. The van der Waals surface area contributed by atoms with Gasteiger partial charge in [0.25, 0.3) is 0 Å². The average Bonchev–Trinajstić information content (AvgIpc) is 2.65. The number of piperidine rings is 1. The Morgan fingerprint density at radius 3 is 2.50 bits per heavy atom. The quantitative estimate of drug-likeness (QED) is 0.828. The van der Waals surface area contributed by atoms with Gasteiger partial charge in [0, 0.05) is 31.8 Å². The number of hydrogen-bond acceptors (Lipinski definition) is 2. The van der Waals surface area contributed by atoms with E-state index in [-0.39, 0.29) is 11.9 Å². The minimum absolute atomic E-state index is 0.0899. The van der Waals surface area contributed by atoms with Crippen molar-refractivity contribution in [3.05, 3.63) is 77.4 Å². The van der Waals surface area contributed by atoms with Crippen molar-refractivity contribution in [2.24, 2.45) is 0 Å². The Hall–Kier alpha value is -2.53. The molecule has 136 valence electrons. The van der Waals surface area contributed by atoms with E-state index < -0.39 is 11.6 Å². The summed E-state index contributed by atoms with van der Waals surface area (Å²) in [7, 11) is 0. The van der Waals surface area contributed by atoms with Gasteiger partial charge in [-0.3, -0.25) is 9.69 Å². The van der Waals surface area contributed by atoms with Crippen molar-refractivity contribution < 1.29 is 13.6 Å². The molecule has 1 aliphatic heterocycles. The largest absolute Gasteiger partial charge is 0.350 e. The van der Waals surface area contributed by atoms with Crippen LogP contribution in [0.25, 0.3) is 6.08 Å². The third-order valence-electron chi connectivity index (χ3n) is 4.55. The molecule has 1 aliphatic rings. The van der Waals surface area contributed by atoms with Crippen molar-refractivity contribution in [1.82, 2.24) is 10.2 Å². The molecule has 0 aromatic heterocycles. The fourth-order valence-corrected chi connectivity index (χ4v) is 3.12. The van der Waals surface area contributed by atoms with Gasteiger partial charge in [0.05, 0.1) is 0 Å². The summed E-state index contributed by atoms with van der Waals surface area (Å²) < 4.78 is 26.3. The van der Waals surface area contributed by atoms with E-state index in [9.17, 15) is 13.6 Å². The van der Waals surface area contributed by atoms with Crippen molar-refractivity contribution in [2.75, 3.05) is 13.1 Å². The molecular formula is C21H22F2N2O. The van der Waals surface area contributed by atoms with Crippen LogP contribution < -0.4 is 5.32 Å². The second kappa shape index (κ2) is 8.72. The van der Waals surface area contributed by atoms with Gasteiger partial charge in [-0.2, -0.15) is 0 Å². The molecule has 3 rings (SSSR count). The predicted octanol–water partition coefficient (Wildman–Crippen LogP) is 3.76. The van der Waals surface area contributed by atoms with Crippen molar-refractivity contribution in [1.29, 1.82) is 0 Å². The molecule has 1 saturated heterocycles. The van der Waals surface area contributed by atoms with E-state index in [0.717, 1.165) is 43.1 Å². The van der Waals surface area contributed by atoms with Crippen LogP contribution in [0.3, 0.4) is 0 Å². The number of nitrogens with zero attached hydrogens (tertiary/aromatic N) is 1. The highest BCUT2D eigenvalue weighted by Crippen LogP contribution is 2.16. The molecule has 1 amide bonds. The standard InChI is InChI=1S/C21H22F2N2O/c22-19-8-6-17(14-20(19)23)15-25-12-10-18(11-13-25)24-21(26)9-7-16-4-2-1-3-5-16/h1-9,14,18H,10-13,15H2,(H,24,26). The van der Waals surface area contributed by atoms with E-state index in [2.05, 4.69) is 10.2 Å². The number of carbonyl (C=O) groups excluding carboxylic acids is 1. The molecule has 1 heterocycles. The number of benzene rings is 2. The monoisotopic (exact) mass is 356 g/mol. The molecule has 1 fully saturated rings. The molecule has 3 nitrogen and oxygen atoms in total. The summed E-state index contributed by atoms with van der Waals surface area (Å²) in [5.41, 5.74) is 1.75. The van der Waals surface area contributed by atoms with E-state index >= 15 is 0 Å². The normalized spacial score (nSPS) is 16.1. The molecule has 0 aliphatic carbocycles.